The van der Waals surface area contributed by atoms with Gasteiger partial charge in [0, 0.05) is 5.38 Å². The Labute approximate surface area is 115 Å². The largest absolute Gasteiger partial charge is 0.316 e. The zero-order valence-electron chi connectivity index (χ0n) is 11.9. The van der Waals surface area contributed by atoms with Crippen molar-refractivity contribution in [3.63, 3.8) is 0 Å². The summed E-state index contributed by atoms with van der Waals surface area (Å²) in [5, 5.41) is 5.74. The van der Waals surface area contributed by atoms with Crippen LogP contribution in [0.5, 0.6) is 0 Å². The first-order chi connectivity index (χ1) is 8.59. The molecule has 0 aliphatic carbocycles. The number of piperidine rings is 1. The second kappa shape index (κ2) is 6.16. The smallest absolute Gasteiger partial charge is 0.0794 e. The molecule has 3 heteroatoms. The molecule has 2 heterocycles. The van der Waals surface area contributed by atoms with Gasteiger partial charge in [-0.1, -0.05) is 20.8 Å². The lowest BCUT2D eigenvalue weighted by molar-refractivity contribution is 0.152. The van der Waals surface area contributed by atoms with Crippen LogP contribution in [-0.2, 0) is 0 Å². The molecule has 2 atom stereocenters. The van der Waals surface area contributed by atoms with Crippen molar-refractivity contribution in [2.75, 3.05) is 13.1 Å². The van der Waals surface area contributed by atoms with Crippen LogP contribution in [0, 0.1) is 11.3 Å². The molecule has 0 aromatic carbocycles. The van der Waals surface area contributed by atoms with Crippen molar-refractivity contribution >= 4 is 11.3 Å². The van der Waals surface area contributed by atoms with Gasteiger partial charge in [-0.3, -0.25) is 0 Å². The van der Waals surface area contributed by atoms with Gasteiger partial charge in [0.1, 0.15) is 0 Å². The van der Waals surface area contributed by atoms with Gasteiger partial charge in [-0.2, -0.15) is 0 Å². The van der Waals surface area contributed by atoms with Crippen LogP contribution >= 0.6 is 11.3 Å². The predicted molar refractivity (Wildman–Crippen MR) is 79.1 cm³/mol. The molecule has 0 spiro atoms. The summed E-state index contributed by atoms with van der Waals surface area (Å²) in [5.74, 6) is 1.45. The van der Waals surface area contributed by atoms with Gasteiger partial charge in [0.05, 0.1) is 11.2 Å². The Morgan fingerprint density at radius 2 is 2.39 bits per heavy atom. The number of hydrogen-bond donors (Lipinski definition) is 1. The monoisotopic (exact) mass is 266 g/mol. The van der Waals surface area contributed by atoms with Crippen LogP contribution in [0.25, 0.3) is 0 Å². The van der Waals surface area contributed by atoms with E-state index in [0.29, 0.717) is 11.3 Å². The van der Waals surface area contributed by atoms with Crippen molar-refractivity contribution in [3.05, 3.63) is 16.6 Å². The van der Waals surface area contributed by atoms with Gasteiger partial charge in [0.25, 0.3) is 0 Å². The molecular weight excluding hydrogens is 240 g/mol. The molecule has 1 N–H and O–H groups in total. The third-order valence-corrected chi connectivity index (χ3v) is 5.18. The highest BCUT2D eigenvalue weighted by molar-refractivity contribution is 7.07. The minimum absolute atomic E-state index is 0.456. The van der Waals surface area contributed by atoms with Crippen molar-refractivity contribution in [1.29, 1.82) is 0 Å². The van der Waals surface area contributed by atoms with Crippen LogP contribution in [0.3, 0.4) is 0 Å². The average Bonchev–Trinajstić information content (AvgIpc) is 2.91. The minimum atomic E-state index is 0.456. The summed E-state index contributed by atoms with van der Waals surface area (Å²) in [4.78, 5) is 4.44. The van der Waals surface area contributed by atoms with Crippen LogP contribution in [0.15, 0.2) is 10.9 Å². The molecule has 2 unspecified atom stereocenters. The van der Waals surface area contributed by atoms with E-state index in [2.05, 4.69) is 36.5 Å². The molecular formula is C15H26N2S. The van der Waals surface area contributed by atoms with Gasteiger partial charge in [-0.25, -0.2) is 4.98 Å². The van der Waals surface area contributed by atoms with E-state index < -0.39 is 0 Å². The number of thiazole rings is 1. The Morgan fingerprint density at radius 1 is 1.56 bits per heavy atom. The Morgan fingerprint density at radius 3 is 3.00 bits per heavy atom. The fourth-order valence-corrected chi connectivity index (χ4v) is 3.60. The van der Waals surface area contributed by atoms with E-state index in [4.69, 9.17) is 0 Å². The zero-order chi connectivity index (χ0) is 13.0. The first-order valence-corrected chi connectivity index (χ1v) is 8.12. The summed E-state index contributed by atoms with van der Waals surface area (Å²) in [6.45, 7) is 9.61. The molecule has 1 saturated heterocycles. The fraction of sp³-hybridized carbons (Fsp3) is 0.800. The SMILES string of the molecule is CC(CCC(C)(C)C1CCCNC1)c1cscn1. The van der Waals surface area contributed by atoms with Crippen molar-refractivity contribution in [1.82, 2.24) is 10.3 Å². The lowest BCUT2D eigenvalue weighted by Crippen LogP contribution is -2.38. The molecule has 0 amide bonds. The summed E-state index contributed by atoms with van der Waals surface area (Å²) >= 11 is 1.71. The van der Waals surface area contributed by atoms with Gasteiger partial charge >= 0.3 is 0 Å². The third-order valence-electron chi connectivity index (χ3n) is 4.58. The Balaban J connectivity index is 1.84. The number of nitrogens with one attached hydrogen (secondary N) is 1. The summed E-state index contributed by atoms with van der Waals surface area (Å²) in [5.41, 5.74) is 3.68. The average molecular weight is 266 g/mol. The van der Waals surface area contributed by atoms with Crippen LogP contribution in [0.1, 0.15) is 58.1 Å². The second-order valence-electron chi connectivity index (χ2n) is 6.38. The van der Waals surface area contributed by atoms with E-state index in [0.717, 1.165) is 5.92 Å². The van der Waals surface area contributed by atoms with Crippen molar-refractivity contribution < 1.29 is 0 Å². The highest BCUT2D eigenvalue weighted by Crippen LogP contribution is 2.38. The van der Waals surface area contributed by atoms with Crippen LogP contribution in [-0.4, -0.2) is 18.1 Å². The summed E-state index contributed by atoms with van der Waals surface area (Å²) in [7, 11) is 0. The van der Waals surface area contributed by atoms with E-state index in [1.807, 2.05) is 5.51 Å². The first kappa shape index (κ1) is 14.0. The molecule has 0 bridgehead atoms. The van der Waals surface area contributed by atoms with Gasteiger partial charge in [0.15, 0.2) is 0 Å². The van der Waals surface area contributed by atoms with Crippen molar-refractivity contribution in [2.24, 2.45) is 11.3 Å². The Hall–Kier alpha value is -0.410. The standard InChI is InChI=1S/C15H26N2S/c1-12(14-10-18-11-17-14)6-7-15(2,3)13-5-4-8-16-9-13/h10-13,16H,4-9H2,1-3H3. The van der Waals surface area contributed by atoms with Crippen molar-refractivity contribution in [3.8, 4) is 0 Å². The molecule has 1 aliphatic heterocycles. The first-order valence-electron chi connectivity index (χ1n) is 7.18. The summed E-state index contributed by atoms with van der Waals surface area (Å²) < 4.78 is 0. The maximum absolute atomic E-state index is 4.44. The van der Waals surface area contributed by atoms with Gasteiger partial charge in [-0.05, 0) is 56.0 Å². The second-order valence-corrected chi connectivity index (χ2v) is 7.10. The van der Waals surface area contributed by atoms with Gasteiger partial charge < -0.3 is 5.32 Å². The third kappa shape index (κ3) is 3.55. The molecule has 102 valence electrons. The topological polar surface area (TPSA) is 24.9 Å². The lowest BCUT2D eigenvalue weighted by Gasteiger charge is -2.38. The van der Waals surface area contributed by atoms with E-state index in [1.54, 1.807) is 11.3 Å². The Kier molecular flexibility index (Phi) is 4.79. The molecule has 1 aliphatic rings. The number of hydrogen-bond acceptors (Lipinski definition) is 3. The molecule has 1 fully saturated rings. The lowest BCUT2D eigenvalue weighted by atomic mass is 9.71. The predicted octanol–water partition coefficient (Wildman–Crippen LogP) is 4.05. The van der Waals surface area contributed by atoms with Crippen LogP contribution in [0.2, 0.25) is 0 Å². The van der Waals surface area contributed by atoms with Crippen molar-refractivity contribution in [2.45, 2.75) is 52.4 Å². The minimum Gasteiger partial charge on any atom is -0.316 e. The number of aromatic nitrogens is 1. The highest BCUT2D eigenvalue weighted by Gasteiger charge is 2.30. The van der Waals surface area contributed by atoms with E-state index in [-0.39, 0.29) is 0 Å². The van der Waals surface area contributed by atoms with Crippen LogP contribution in [0.4, 0.5) is 0 Å². The Bertz CT molecular complexity index is 339. The number of nitrogens with zero attached hydrogens (tertiary/aromatic N) is 1. The van der Waals surface area contributed by atoms with Crippen LogP contribution < -0.4 is 5.32 Å². The number of rotatable bonds is 5. The zero-order valence-corrected chi connectivity index (χ0v) is 12.7. The quantitative estimate of drug-likeness (QED) is 0.869. The summed E-state index contributed by atoms with van der Waals surface area (Å²) in [6.07, 6.45) is 5.30. The fourth-order valence-electron chi connectivity index (χ4n) is 2.92. The maximum Gasteiger partial charge on any atom is 0.0794 e. The molecule has 1 aromatic heterocycles. The molecule has 18 heavy (non-hydrogen) atoms. The normalized spacial score (nSPS) is 22.9. The molecule has 1 aromatic rings. The molecule has 0 radical (unpaired) electrons. The van der Waals surface area contributed by atoms with E-state index in [1.165, 1.54) is 44.5 Å². The van der Waals surface area contributed by atoms with E-state index >= 15 is 0 Å². The highest BCUT2D eigenvalue weighted by atomic mass is 32.1. The van der Waals surface area contributed by atoms with E-state index in [9.17, 15) is 0 Å². The molecule has 0 saturated carbocycles. The maximum atomic E-state index is 4.44. The summed E-state index contributed by atoms with van der Waals surface area (Å²) in [6, 6.07) is 0. The molecule has 2 nitrogen and oxygen atoms in total. The molecule has 2 rings (SSSR count). The van der Waals surface area contributed by atoms with Gasteiger partial charge in [0.2, 0.25) is 0 Å². The van der Waals surface area contributed by atoms with Gasteiger partial charge in [-0.15, -0.1) is 11.3 Å².